The number of nitrogens with zero attached hydrogens (tertiary/aromatic N) is 3. The van der Waals surface area contributed by atoms with E-state index in [1.54, 1.807) is 4.68 Å². The Bertz CT molecular complexity index is 491. The lowest BCUT2D eigenvalue weighted by Crippen LogP contribution is -2.02. The summed E-state index contributed by atoms with van der Waals surface area (Å²) in [6.45, 7) is 4.01. The van der Waals surface area contributed by atoms with E-state index in [1.165, 1.54) is 5.56 Å². The molecule has 1 aromatic carbocycles. The molecule has 0 aliphatic carbocycles. The fourth-order valence-corrected chi connectivity index (χ4v) is 1.78. The van der Waals surface area contributed by atoms with Gasteiger partial charge in [0, 0.05) is 0 Å². The summed E-state index contributed by atoms with van der Waals surface area (Å²) in [6.07, 6.45) is 0.802. The molecule has 4 heteroatoms. The summed E-state index contributed by atoms with van der Waals surface area (Å²) in [6, 6.07) is 8.07. The molecule has 0 bridgehead atoms. The zero-order valence-corrected chi connectivity index (χ0v) is 9.51. The minimum Gasteiger partial charge on any atom is -0.390 e. The van der Waals surface area contributed by atoms with Gasteiger partial charge in [0.05, 0.1) is 18.0 Å². The van der Waals surface area contributed by atoms with E-state index in [-0.39, 0.29) is 6.61 Å². The van der Waals surface area contributed by atoms with E-state index in [1.807, 2.05) is 32.0 Å². The summed E-state index contributed by atoms with van der Waals surface area (Å²) in [7, 11) is 0. The Morgan fingerprint density at radius 2 is 2.19 bits per heavy atom. The maximum Gasteiger partial charge on any atom is 0.112 e. The highest BCUT2D eigenvalue weighted by molar-refractivity contribution is 5.36. The molecule has 0 radical (unpaired) electrons. The van der Waals surface area contributed by atoms with Gasteiger partial charge in [-0.25, -0.2) is 4.68 Å². The van der Waals surface area contributed by atoms with Gasteiger partial charge in [-0.3, -0.25) is 0 Å². The largest absolute Gasteiger partial charge is 0.390 e. The Labute approximate surface area is 94.5 Å². The molecule has 0 aliphatic heterocycles. The quantitative estimate of drug-likeness (QED) is 0.850. The van der Waals surface area contributed by atoms with Crippen LogP contribution in [0.3, 0.4) is 0 Å². The Hall–Kier alpha value is -1.68. The van der Waals surface area contributed by atoms with E-state index in [0.717, 1.165) is 17.8 Å². The van der Waals surface area contributed by atoms with Gasteiger partial charge in [-0.1, -0.05) is 24.3 Å². The third-order valence-corrected chi connectivity index (χ3v) is 2.57. The molecule has 0 amide bonds. The molecule has 0 saturated heterocycles. The highest BCUT2D eigenvalue weighted by Gasteiger charge is 2.11. The molecule has 0 unspecified atom stereocenters. The van der Waals surface area contributed by atoms with Crippen molar-refractivity contribution in [3.63, 3.8) is 0 Å². The molecule has 1 N–H and O–H groups in total. The normalized spacial score (nSPS) is 10.7. The minimum atomic E-state index is -0.0605. The van der Waals surface area contributed by atoms with Crippen molar-refractivity contribution in [2.75, 3.05) is 0 Å². The highest BCUT2D eigenvalue weighted by Crippen LogP contribution is 2.14. The van der Waals surface area contributed by atoms with Crippen LogP contribution >= 0.6 is 0 Å². The second-order valence-corrected chi connectivity index (χ2v) is 3.75. The Balaban J connectivity index is 2.51. The number of benzene rings is 1. The molecule has 4 nitrogen and oxygen atoms in total. The average molecular weight is 217 g/mol. The number of hydrogen-bond acceptors (Lipinski definition) is 3. The van der Waals surface area contributed by atoms with Crippen LogP contribution in [0.2, 0.25) is 0 Å². The first kappa shape index (κ1) is 10.8. The molecule has 1 aromatic heterocycles. The molecule has 2 aromatic rings. The first-order valence-corrected chi connectivity index (χ1v) is 5.37. The molecule has 1 heterocycles. The highest BCUT2D eigenvalue weighted by atomic mass is 16.3. The predicted octanol–water partition coefficient (Wildman–Crippen LogP) is 1.63. The topological polar surface area (TPSA) is 50.9 Å². The van der Waals surface area contributed by atoms with Crippen LogP contribution in [-0.2, 0) is 13.0 Å². The fourth-order valence-electron chi connectivity index (χ4n) is 1.78. The van der Waals surface area contributed by atoms with Gasteiger partial charge in [-0.2, -0.15) is 0 Å². The third-order valence-electron chi connectivity index (χ3n) is 2.57. The predicted molar refractivity (Wildman–Crippen MR) is 61.4 cm³/mol. The molecule has 84 valence electrons. The zero-order valence-electron chi connectivity index (χ0n) is 9.51. The molecular weight excluding hydrogens is 202 g/mol. The summed E-state index contributed by atoms with van der Waals surface area (Å²) in [5, 5.41) is 17.2. The maximum atomic E-state index is 9.15. The van der Waals surface area contributed by atoms with Gasteiger partial charge in [0.15, 0.2) is 0 Å². The molecule has 0 saturated carbocycles. The summed E-state index contributed by atoms with van der Waals surface area (Å²) in [5.41, 5.74) is 3.79. The Morgan fingerprint density at radius 3 is 2.81 bits per heavy atom. The SMILES string of the molecule is CCc1c(CO)nnn1-c1cccc(C)c1. The van der Waals surface area contributed by atoms with Crippen molar-refractivity contribution in [1.82, 2.24) is 15.0 Å². The van der Waals surface area contributed by atoms with Crippen molar-refractivity contribution in [2.24, 2.45) is 0 Å². The van der Waals surface area contributed by atoms with Crippen LogP contribution in [0.25, 0.3) is 5.69 Å². The van der Waals surface area contributed by atoms with Gasteiger partial charge in [-0.05, 0) is 31.0 Å². The maximum absolute atomic E-state index is 9.15. The van der Waals surface area contributed by atoms with Crippen molar-refractivity contribution >= 4 is 0 Å². The molecule has 0 aliphatic rings. The second-order valence-electron chi connectivity index (χ2n) is 3.75. The molecule has 16 heavy (non-hydrogen) atoms. The number of rotatable bonds is 3. The lowest BCUT2D eigenvalue weighted by molar-refractivity contribution is 0.275. The van der Waals surface area contributed by atoms with Gasteiger partial charge in [0.1, 0.15) is 5.69 Å². The summed E-state index contributed by atoms with van der Waals surface area (Å²) >= 11 is 0. The van der Waals surface area contributed by atoms with Gasteiger partial charge in [0.2, 0.25) is 0 Å². The van der Waals surface area contributed by atoms with Crippen LogP contribution < -0.4 is 0 Å². The van der Waals surface area contributed by atoms with Crippen molar-refractivity contribution in [3.05, 3.63) is 41.2 Å². The summed E-state index contributed by atoms with van der Waals surface area (Å²) in [5.74, 6) is 0. The van der Waals surface area contributed by atoms with Gasteiger partial charge < -0.3 is 5.11 Å². The van der Waals surface area contributed by atoms with E-state index in [4.69, 9.17) is 5.11 Å². The smallest absolute Gasteiger partial charge is 0.112 e. The van der Waals surface area contributed by atoms with Gasteiger partial charge in [-0.15, -0.1) is 5.10 Å². The number of aryl methyl sites for hydroxylation is 1. The Kier molecular flexibility index (Phi) is 3.01. The van der Waals surface area contributed by atoms with Crippen LogP contribution in [0.15, 0.2) is 24.3 Å². The third kappa shape index (κ3) is 1.84. The van der Waals surface area contributed by atoms with Gasteiger partial charge in [0.25, 0.3) is 0 Å². The van der Waals surface area contributed by atoms with E-state index in [9.17, 15) is 0 Å². The first-order valence-electron chi connectivity index (χ1n) is 5.37. The molecule has 0 spiro atoms. The lowest BCUT2D eigenvalue weighted by atomic mass is 10.2. The summed E-state index contributed by atoms with van der Waals surface area (Å²) < 4.78 is 1.79. The zero-order chi connectivity index (χ0) is 11.5. The van der Waals surface area contributed by atoms with Crippen LogP contribution in [0.1, 0.15) is 23.9 Å². The van der Waals surface area contributed by atoms with E-state index >= 15 is 0 Å². The number of aromatic nitrogens is 3. The van der Waals surface area contributed by atoms with Crippen LogP contribution in [-0.4, -0.2) is 20.1 Å². The van der Waals surface area contributed by atoms with E-state index in [0.29, 0.717) is 5.69 Å². The van der Waals surface area contributed by atoms with Gasteiger partial charge >= 0.3 is 0 Å². The van der Waals surface area contributed by atoms with Crippen molar-refractivity contribution in [3.8, 4) is 5.69 Å². The standard InChI is InChI=1S/C12H15N3O/c1-3-12-11(8-16)13-14-15(12)10-6-4-5-9(2)7-10/h4-7,16H,3,8H2,1-2H3. The van der Waals surface area contributed by atoms with Crippen LogP contribution in [0, 0.1) is 6.92 Å². The average Bonchev–Trinajstić information content (AvgIpc) is 2.71. The van der Waals surface area contributed by atoms with E-state index < -0.39 is 0 Å². The van der Waals surface area contributed by atoms with Crippen LogP contribution in [0.4, 0.5) is 0 Å². The van der Waals surface area contributed by atoms with Crippen molar-refractivity contribution < 1.29 is 5.11 Å². The number of aliphatic hydroxyl groups excluding tert-OH is 1. The fraction of sp³-hybridized carbons (Fsp3) is 0.333. The molecular formula is C12H15N3O. The first-order chi connectivity index (χ1) is 7.76. The summed E-state index contributed by atoms with van der Waals surface area (Å²) in [4.78, 5) is 0. The lowest BCUT2D eigenvalue weighted by Gasteiger charge is -2.05. The van der Waals surface area contributed by atoms with Crippen molar-refractivity contribution in [2.45, 2.75) is 26.9 Å². The molecule has 0 atom stereocenters. The molecule has 0 fully saturated rings. The minimum absolute atomic E-state index is 0.0605. The van der Waals surface area contributed by atoms with E-state index in [2.05, 4.69) is 16.4 Å². The van der Waals surface area contributed by atoms with Crippen LogP contribution in [0.5, 0.6) is 0 Å². The monoisotopic (exact) mass is 217 g/mol. The second kappa shape index (κ2) is 4.45. The number of aliphatic hydroxyl groups is 1. The Morgan fingerprint density at radius 1 is 1.38 bits per heavy atom. The van der Waals surface area contributed by atoms with Crippen molar-refractivity contribution in [1.29, 1.82) is 0 Å². The number of hydrogen-bond donors (Lipinski definition) is 1. The molecule has 2 rings (SSSR count).